The highest BCUT2D eigenvalue weighted by molar-refractivity contribution is 5.58. The minimum atomic E-state index is -2.57. The van der Waals surface area contributed by atoms with Crippen molar-refractivity contribution in [1.82, 2.24) is 5.48 Å². The predicted molar refractivity (Wildman–Crippen MR) is 90.3 cm³/mol. The zero-order valence-electron chi connectivity index (χ0n) is 14.6. The highest BCUT2D eigenvalue weighted by atomic mass is 19.3. The lowest BCUT2D eigenvalue weighted by Gasteiger charge is -2.15. The molecule has 1 fully saturated rings. The zero-order valence-corrected chi connectivity index (χ0v) is 14.6. The van der Waals surface area contributed by atoms with Crippen molar-refractivity contribution in [3.8, 4) is 11.5 Å². The van der Waals surface area contributed by atoms with Gasteiger partial charge in [0.15, 0.2) is 5.75 Å². The first kappa shape index (κ1) is 21.4. The number of anilines is 1. The highest BCUT2D eigenvalue weighted by Crippen LogP contribution is 2.35. The lowest BCUT2D eigenvalue weighted by Crippen LogP contribution is -2.31. The summed E-state index contributed by atoms with van der Waals surface area (Å²) in [5.74, 6) is -1.40. The highest BCUT2D eigenvalue weighted by Gasteiger charge is 2.39. The van der Waals surface area contributed by atoms with Gasteiger partial charge >= 0.3 is 0 Å². The maximum Gasteiger partial charge on any atom is 0.249 e. The van der Waals surface area contributed by atoms with E-state index in [0.29, 0.717) is 17.9 Å². The van der Waals surface area contributed by atoms with Crippen LogP contribution in [0.2, 0.25) is 0 Å². The lowest BCUT2D eigenvalue weighted by molar-refractivity contribution is 0.00221. The molecule has 0 amide bonds. The SMILES string of the molecule is CC.CN.CNc1ccc(ON[C@@H]2CCC(F)(F)C2)cc1OC. The van der Waals surface area contributed by atoms with E-state index >= 15 is 0 Å². The van der Waals surface area contributed by atoms with Crippen LogP contribution in [0.5, 0.6) is 11.5 Å². The van der Waals surface area contributed by atoms with Gasteiger partial charge in [0.2, 0.25) is 5.92 Å². The molecule has 4 N–H and O–H groups in total. The van der Waals surface area contributed by atoms with E-state index in [4.69, 9.17) is 9.57 Å². The summed E-state index contributed by atoms with van der Waals surface area (Å²) in [6, 6.07) is 4.93. The van der Waals surface area contributed by atoms with Gasteiger partial charge < -0.3 is 20.6 Å². The molecule has 0 aliphatic heterocycles. The number of methoxy groups -OCH3 is 1. The van der Waals surface area contributed by atoms with E-state index in [1.54, 1.807) is 32.4 Å². The third kappa shape index (κ3) is 7.00. The summed E-state index contributed by atoms with van der Waals surface area (Å²) >= 11 is 0. The Labute approximate surface area is 137 Å². The van der Waals surface area contributed by atoms with Gasteiger partial charge in [-0.1, -0.05) is 13.8 Å². The van der Waals surface area contributed by atoms with Crippen molar-refractivity contribution in [2.45, 2.75) is 45.1 Å². The van der Waals surface area contributed by atoms with Gasteiger partial charge in [-0.25, -0.2) is 8.78 Å². The summed E-state index contributed by atoms with van der Waals surface area (Å²) < 4.78 is 31.2. The molecule has 7 heteroatoms. The monoisotopic (exact) mass is 333 g/mol. The molecule has 134 valence electrons. The Kier molecular flexibility index (Phi) is 10.2. The second-order valence-electron chi connectivity index (χ2n) is 4.63. The molecule has 1 saturated carbocycles. The van der Waals surface area contributed by atoms with Crippen LogP contribution in [0.15, 0.2) is 18.2 Å². The number of nitrogens with two attached hydrogens (primary N) is 1. The number of hydrogen-bond donors (Lipinski definition) is 3. The van der Waals surface area contributed by atoms with Gasteiger partial charge in [0.05, 0.1) is 12.8 Å². The van der Waals surface area contributed by atoms with Crippen molar-refractivity contribution in [1.29, 1.82) is 0 Å². The Morgan fingerprint density at radius 2 is 1.91 bits per heavy atom. The molecule has 1 atom stereocenters. The topological polar surface area (TPSA) is 68.5 Å². The van der Waals surface area contributed by atoms with Gasteiger partial charge in [-0.3, -0.25) is 0 Å². The largest absolute Gasteiger partial charge is 0.494 e. The molecule has 23 heavy (non-hydrogen) atoms. The fraction of sp³-hybridized carbons (Fsp3) is 0.625. The molecule has 0 unspecified atom stereocenters. The van der Waals surface area contributed by atoms with Gasteiger partial charge in [-0.2, -0.15) is 5.48 Å². The summed E-state index contributed by atoms with van der Waals surface area (Å²) in [5, 5.41) is 2.98. The molecule has 0 saturated heterocycles. The Morgan fingerprint density at radius 3 is 2.39 bits per heavy atom. The molecule has 1 aliphatic carbocycles. The van der Waals surface area contributed by atoms with Crippen molar-refractivity contribution < 1.29 is 18.4 Å². The first-order chi connectivity index (χ1) is 11.0. The summed E-state index contributed by atoms with van der Waals surface area (Å²) in [5.41, 5.74) is 8.02. The third-order valence-electron chi connectivity index (χ3n) is 3.19. The minimum absolute atomic E-state index is 0.0873. The van der Waals surface area contributed by atoms with Crippen LogP contribution in [0.3, 0.4) is 0 Å². The lowest BCUT2D eigenvalue weighted by atomic mass is 10.2. The van der Waals surface area contributed by atoms with E-state index in [1.165, 1.54) is 7.05 Å². The second kappa shape index (κ2) is 11.0. The van der Waals surface area contributed by atoms with Crippen molar-refractivity contribution >= 4 is 5.69 Å². The molecular weight excluding hydrogens is 304 g/mol. The average molecular weight is 333 g/mol. The molecule has 2 rings (SSSR count). The Morgan fingerprint density at radius 1 is 1.26 bits per heavy atom. The van der Waals surface area contributed by atoms with Crippen LogP contribution in [-0.4, -0.2) is 33.2 Å². The van der Waals surface area contributed by atoms with Gasteiger partial charge in [-0.15, -0.1) is 0 Å². The smallest absolute Gasteiger partial charge is 0.249 e. The van der Waals surface area contributed by atoms with Crippen LogP contribution in [0.1, 0.15) is 33.1 Å². The van der Waals surface area contributed by atoms with Crippen molar-refractivity contribution in [3.05, 3.63) is 18.2 Å². The molecule has 0 bridgehead atoms. The number of benzene rings is 1. The fourth-order valence-corrected chi connectivity index (χ4v) is 2.14. The van der Waals surface area contributed by atoms with Crippen LogP contribution in [0, 0.1) is 0 Å². The summed E-state index contributed by atoms with van der Waals surface area (Å²) in [7, 11) is 4.85. The fourth-order valence-electron chi connectivity index (χ4n) is 2.14. The molecule has 5 nitrogen and oxygen atoms in total. The van der Waals surface area contributed by atoms with Crippen LogP contribution in [0.25, 0.3) is 0 Å². The maximum atomic E-state index is 13.0. The molecule has 1 aliphatic rings. The Hall–Kier alpha value is -1.60. The summed E-state index contributed by atoms with van der Waals surface area (Å²) in [4.78, 5) is 5.33. The van der Waals surface area contributed by atoms with Crippen molar-refractivity contribution in [3.63, 3.8) is 0 Å². The molecule has 0 spiro atoms. The van der Waals surface area contributed by atoms with Gasteiger partial charge in [-0.05, 0) is 25.6 Å². The minimum Gasteiger partial charge on any atom is -0.494 e. The molecule has 1 aromatic carbocycles. The zero-order chi connectivity index (χ0) is 17.9. The van der Waals surface area contributed by atoms with E-state index in [1.807, 2.05) is 13.8 Å². The first-order valence-corrected chi connectivity index (χ1v) is 7.78. The summed E-state index contributed by atoms with van der Waals surface area (Å²) in [6.45, 7) is 4.00. The van der Waals surface area contributed by atoms with Crippen molar-refractivity contribution in [2.75, 3.05) is 26.5 Å². The van der Waals surface area contributed by atoms with Gasteiger partial charge in [0.25, 0.3) is 0 Å². The van der Waals surface area contributed by atoms with Gasteiger partial charge in [0.1, 0.15) is 5.75 Å². The number of hydroxylamine groups is 1. The van der Waals surface area contributed by atoms with Crippen molar-refractivity contribution in [2.24, 2.45) is 5.73 Å². The number of nitrogens with one attached hydrogen (secondary N) is 2. The number of rotatable bonds is 5. The van der Waals surface area contributed by atoms with E-state index in [-0.39, 0.29) is 18.9 Å². The van der Waals surface area contributed by atoms with E-state index in [9.17, 15) is 8.78 Å². The van der Waals surface area contributed by atoms with E-state index in [2.05, 4.69) is 16.5 Å². The molecule has 0 radical (unpaired) electrons. The van der Waals surface area contributed by atoms with Gasteiger partial charge in [0, 0.05) is 32.0 Å². The molecule has 1 aromatic rings. The third-order valence-corrected chi connectivity index (χ3v) is 3.19. The predicted octanol–water partition coefficient (Wildman–Crippen LogP) is 3.41. The maximum absolute atomic E-state index is 13.0. The number of ether oxygens (including phenoxy) is 1. The standard InChI is InChI=1S/C13H18F2N2O2.C2H6.CH5N/c1-16-11-4-3-10(7-12(11)18-2)19-17-9-5-6-13(14,15)8-9;2*1-2/h3-4,7,9,16-17H,5-6,8H2,1-2H3;1-2H3;2H2,1H3/t9-;;/m1../s1. The Bertz CT molecular complexity index is 445. The number of halogens is 2. The molecule has 0 heterocycles. The van der Waals surface area contributed by atoms with Crippen LogP contribution < -0.4 is 26.1 Å². The quantitative estimate of drug-likeness (QED) is 0.721. The average Bonchev–Trinajstić information content (AvgIpc) is 2.95. The Balaban J connectivity index is 0.00000112. The first-order valence-electron chi connectivity index (χ1n) is 7.78. The normalized spacial score (nSPS) is 18.0. The van der Waals surface area contributed by atoms with E-state index < -0.39 is 5.92 Å². The van der Waals surface area contributed by atoms with Crippen LogP contribution >= 0.6 is 0 Å². The number of alkyl halides is 2. The van der Waals surface area contributed by atoms with Crippen LogP contribution in [-0.2, 0) is 0 Å². The van der Waals surface area contributed by atoms with Crippen LogP contribution in [0.4, 0.5) is 14.5 Å². The summed E-state index contributed by atoms with van der Waals surface area (Å²) in [6.07, 6.45) is 0.146. The second-order valence-corrected chi connectivity index (χ2v) is 4.63. The molecule has 0 aromatic heterocycles. The molecular formula is C16H29F2N3O2. The number of hydrogen-bond acceptors (Lipinski definition) is 5. The van der Waals surface area contributed by atoms with E-state index in [0.717, 1.165) is 5.69 Å².